The molecule has 0 radical (unpaired) electrons. The molecule has 2 aromatic rings. The van der Waals surface area contributed by atoms with Gasteiger partial charge in [0, 0.05) is 73.0 Å². The number of esters is 1. The minimum Gasteiger partial charge on any atom is -0.478 e. The van der Waals surface area contributed by atoms with E-state index >= 15 is 0 Å². The van der Waals surface area contributed by atoms with Crippen LogP contribution in [0, 0.1) is 6.92 Å². The maximum Gasteiger partial charge on any atom is 0.328 e. The molecule has 2 atom stereocenters. The van der Waals surface area contributed by atoms with Crippen LogP contribution in [-0.2, 0) is 19.1 Å². The first-order valence-electron chi connectivity index (χ1n) is 18.5. The molecule has 7 rings (SSSR count). The van der Waals surface area contributed by atoms with Gasteiger partial charge in [-0.2, -0.15) is 0 Å². The highest BCUT2D eigenvalue weighted by Gasteiger charge is 2.40. The molecule has 0 saturated carbocycles. The third kappa shape index (κ3) is 6.55. The summed E-state index contributed by atoms with van der Waals surface area (Å²) in [5.41, 5.74) is 10.1. The Morgan fingerprint density at radius 1 is 0.963 bits per heavy atom. The number of carboxylic acid groups (broad SMARTS) is 1. The first-order valence-corrected chi connectivity index (χ1v) is 18.5. The second-order valence-electron chi connectivity index (χ2n) is 14.4. The first kappa shape index (κ1) is 36.9. The summed E-state index contributed by atoms with van der Waals surface area (Å²) in [6, 6.07) is 5.76. The van der Waals surface area contributed by atoms with Gasteiger partial charge in [0.2, 0.25) is 0 Å². The van der Waals surface area contributed by atoms with Crippen molar-refractivity contribution in [1.29, 1.82) is 0 Å². The molecule has 0 unspecified atom stereocenters. The van der Waals surface area contributed by atoms with E-state index in [0.717, 1.165) is 47.3 Å². The summed E-state index contributed by atoms with van der Waals surface area (Å²) >= 11 is 0. The number of aromatic amines is 2. The number of nitrogens with one attached hydrogen (secondary N) is 2. The Morgan fingerprint density at radius 2 is 1.67 bits per heavy atom. The van der Waals surface area contributed by atoms with Crippen LogP contribution in [0.2, 0.25) is 0 Å². The number of H-pyrrole nitrogens is 2. The van der Waals surface area contributed by atoms with Gasteiger partial charge in [-0.25, -0.2) is 14.8 Å². The molecule has 5 aliphatic rings. The molecule has 13 nitrogen and oxygen atoms in total. The summed E-state index contributed by atoms with van der Waals surface area (Å²) < 4.78 is 10.5. The van der Waals surface area contributed by atoms with Crippen LogP contribution < -0.4 is 0 Å². The number of carboxylic acids is 1. The van der Waals surface area contributed by atoms with E-state index < -0.39 is 11.9 Å². The smallest absolute Gasteiger partial charge is 0.328 e. The van der Waals surface area contributed by atoms with Crippen molar-refractivity contribution in [2.24, 2.45) is 0 Å². The predicted molar refractivity (Wildman–Crippen MR) is 204 cm³/mol. The fourth-order valence-electron chi connectivity index (χ4n) is 8.18. The van der Waals surface area contributed by atoms with Crippen LogP contribution in [0.5, 0.6) is 0 Å². The maximum atomic E-state index is 14.8. The number of rotatable bonds is 9. The minimum atomic E-state index is -1.07. The Labute approximate surface area is 313 Å². The zero-order valence-corrected chi connectivity index (χ0v) is 31.6. The van der Waals surface area contributed by atoms with Gasteiger partial charge in [0.1, 0.15) is 0 Å². The zero-order chi connectivity index (χ0) is 38.4. The number of ether oxygens (including phenoxy) is 2. The highest BCUT2D eigenvalue weighted by molar-refractivity contribution is 6.23. The molecule has 5 aliphatic heterocycles. The molecule has 3 N–H and O–H groups in total. The molecular formula is C41H46N6O7. The molecule has 1 fully saturated rings. The van der Waals surface area contributed by atoms with Crippen molar-refractivity contribution < 1.29 is 33.8 Å². The largest absolute Gasteiger partial charge is 0.478 e. The van der Waals surface area contributed by atoms with Crippen molar-refractivity contribution in [3.63, 3.8) is 0 Å². The fourth-order valence-corrected chi connectivity index (χ4v) is 8.18. The molecule has 1 saturated heterocycles. The Kier molecular flexibility index (Phi) is 10.1. The highest BCUT2D eigenvalue weighted by atomic mass is 16.5. The fraction of sp³-hybridized carbons (Fsp3) is 0.415. The van der Waals surface area contributed by atoms with Gasteiger partial charge in [0.15, 0.2) is 0 Å². The van der Waals surface area contributed by atoms with Crippen molar-refractivity contribution in [3.05, 3.63) is 81.2 Å². The molecule has 0 aliphatic carbocycles. The van der Waals surface area contributed by atoms with Crippen LogP contribution in [0.4, 0.5) is 0 Å². The molecule has 8 bridgehead atoms. The van der Waals surface area contributed by atoms with Gasteiger partial charge >= 0.3 is 11.9 Å². The number of aryl methyl sites for hydroxylation is 1. The van der Waals surface area contributed by atoms with Crippen LogP contribution in [-0.4, -0.2) is 105 Å². The zero-order valence-electron chi connectivity index (χ0n) is 31.6. The normalized spacial score (nSPS) is 19.6. The second kappa shape index (κ2) is 14.8. The number of amides is 2. The van der Waals surface area contributed by atoms with Gasteiger partial charge in [-0.15, -0.1) is 0 Å². The minimum absolute atomic E-state index is 0.127. The van der Waals surface area contributed by atoms with E-state index in [1.54, 1.807) is 6.08 Å². The Hall–Kier alpha value is -5.40. The number of morpholine rings is 1. The maximum absolute atomic E-state index is 14.8. The van der Waals surface area contributed by atoms with Crippen molar-refractivity contribution >= 4 is 57.1 Å². The topological polar surface area (TPSA) is 171 Å². The van der Waals surface area contributed by atoms with Crippen molar-refractivity contribution in [1.82, 2.24) is 29.7 Å². The Morgan fingerprint density at radius 3 is 2.37 bits per heavy atom. The number of nitrogens with zero attached hydrogens (tertiary/aromatic N) is 4. The molecule has 0 spiro atoms. The molecular weight excluding hydrogens is 688 g/mol. The van der Waals surface area contributed by atoms with E-state index in [1.165, 1.54) is 12.0 Å². The molecule has 7 heterocycles. The van der Waals surface area contributed by atoms with Crippen LogP contribution in [0.1, 0.15) is 119 Å². The summed E-state index contributed by atoms with van der Waals surface area (Å²) in [7, 11) is 1.36. The van der Waals surface area contributed by atoms with Gasteiger partial charge in [-0.05, 0) is 80.2 Å². The summed E-state index contributed by atoms with van der Waals surface area (Å²) in [4.78, 5) is 74.1. The van der Waals surface area contributed by atoms with E-state index in [0.29, 0.717) is 88.7 Å². The number of methoxy groups -OCH3 is 1. The number of allylic oxidation sites excluding steroid dienone is 5. The third-order valence-electron chi connectivity index (χ3n) is 11.4. The Bertz CT molecular complexity index is 2250. The average molecular weight is 735 g/mol. The molecule has 2 aromatic heterocycles. The number of carbonyl (C=O) groups excluding carboxylic acids is 3. The molecule has 13 heteroatoms. The predicted octanol–water partition coefficient (Wildman–Crippen LogP) is 6.03. The molecule has 2 amide bonds. The van der Waals surface area contributed by atoms with Gasteiger partial charge in [0.05, 0.1) is 59.7 Å². The van der Waals surface area contributed by atoms with E-state index in [4.69, 9.17) is 19.4 Å². The number of carbonyl (C=O) groups is 4. The quantitative estimate of drug-likeness (QED) is 0.157. The van der Waals surface area contributed by atoms with Crippen molar-refractivity contribution in [2.75, 3.05) is 46.5 Å². The lowest BCUT2D eigenvalue weighted by atomic mass is 9.84. The lowest BCUT2D eigenvalue weighted by Crippen LogP contribution is -2.47. The number of hydrogen-bond acceptors (Lipinski definition) is 9. The van der Waals surface area contributed by atoms with Gasteiger partial charge in [-0.1, -0.05) is 13.8 Å². The van der Waals surface area contributed by atoms with Gasteiger partial charge in [0.25, 0.3) is 11.8 Å². The number of aliphatic carboxylic acids is 1. The van der Waals surface area contributed by atoms with Crippen LogP contribution in [0.25, 0.3) is 33.3 Å². The first-order chi connectivity index (χ1) is 25.9. The number of fused-ring (bicyclic) bond motifs is 8. The summed E-state index contributed by atoms with van der Waals surface area (Å²) in [6.45, 7) is 13.3. The third-order valence-corrected chi connectivity index (χ3v) is 11.4. The highest BCUT2D eigenvalue weighted by Crippen LogP contribution is 2.45. The summed E-state index contributed by atoms with van der Waals surface area (Å²) in [5.74, 6) is -2.70. The van der Waals surface area contributed by atoms with Gasteiger partial charge in [-0.3, -0.25) is 24.2 Å². The van der Waals surface area contributed by atoms with E-state index in [2.05, 4.69) is 21.8 Å². The number of aromatic nitrogens is 4. The number of hydrogen-bond donors (Lipinski definition) is 3. The molecule has 54 heavy (non-hydrogen) atoms. The van der Waals surface area contributed by atoms with Crippen LogP contribution in [0.15, 0.2) is 30.4 Å². The average Bonchev–Trinajstić information content (AvgIpc) is 3.83. The number of imide groups is 1. The van der Waals surface area contributed by atoms with E-state index in [9.17, 15) is 24.3 Å². The lowest BCUT2D eigenvalue weighted by molar-refractivity contribution is -0.140. The van der Waals surface area contributed by atoms with Crippen molar-refractivity contribution in [3.8, 4) is 0 Å². The SMILES string of the molecule is CCC1=C(C)c2cc3nc(cc4[nH]c(c5c6[nH]c(cc1n2)c(C)c6C(=O)N(CCN1CCOCC1)C5=O)[C@@H](CCC(=O)OC)[C@@H]4C)C(C)=C3/C=C/C(=O)O. The lowest BCUT2D eigenvalue weighted by Gasteiger charge is -2.31. The van der Waals surface area contributed by atoms with E-state index in [-0.39, 0.29) is 36.7 Å². The summed E-state index contributed by atoms with van der Waals surface area (Å²) in [6.07, 6.45) is 3.87. The monoisotopic (exact) mass is 734 g/mol. The van der Waals surface area contributed by atoms with Crippen molar-refractivity contribution in [2.45, 2.75) is 65.7 Å². The van der Waals surface area contributed by atoms with Crippen LogP contribution >= 0.6 is 0 Å². The summed E-state index contributed by atoms with van der Waals surface area (Å²) in [5, 5.41) is 9.53. The standard InChI is InChI=1S/C41H46N6O7/c1-7-25-21(2)29-19-33-26(8-10-34(48)49)22(3)28(43-33)18-30-23(4)27(9-11-35(50)53-6)38(44-30)37-39-36(24(5)31(45-39)20-32(25)42-29)40(51)47(41(37)52)13-12-46-14-16-54-17-15-46/h8,10,18-20,23,27,44-45H,7,9,11-17H2,1-6H3,(H,48,49)/b10-8+,30-18?,32-20?,33-19?,38-37?/t23-,27-/m0/s1. The van der Waals surface area contributed by atoms with E-state index in [1.807, 2.05) is 45.9 Å². The second-order valence-corrected chi connectivity index (χ2v) is 14.4. The Balaban J connectivity index is 1.54. The molecule has 282 valence electrons. The van der Waals surface area contributed by atoms with Crippen LogP contribution in [0.3, 0.4) is 0 Å². The molecule has 0 aromatic carbocycles. The van der Waals surface area contributed by atoms with Gasteiger partial charge < -0.3 is 24.5 Å².